The summed E-state index contributed by atoms with van der Waals surface area (Å²) in [5.74, 6) is 0.846. The molecule has 2 rings (SSSR count). The Morgan fingerprint density at radius 1 is 1.47 bits per heavy atom. The quantitative estimate of drug-likeness (QED) is 0.901. The molecule has 0 saturated heterocycles. The molecule has 19 heavy (non-hydrogen) atoms. The van der Waals surface area contributed by atoms with Crippen LogP contribution >= 0.6 is 15.9 Å². The second-order valence-electron chi connectivity index (χ2n) is 5.69. The van der Waals surface area contributed by atoms with Crippen molar-refractivity contribution >= 4 is 22.0 Å². The Balaban J connectivity index is 2.35. The summed E-state index contributed by atoms with van der Waals surface area (Å²) in [6.07, 6.45) is -0.0381. The Bertz CT molecular complexity index is 508. The highest BCUT2D eigenvalue weighted by atomic mass is 79.9. The smallest absolute Gasteiger partial charge is 0.408 e. The predicted molar refractivity (Wildman–Crippen MR) is 76.7 cm³/mol. The standard InChI is InChI=1S/C14H18BrNO3/c1-14(2,3)16(13(17)18)8-10-7-11(15)6-9-4-5-19-12(9)10/h6-7H,4-5,8H2,1-3H3,(H,17,18). The van der Waals surface area contributed by atoms with E-state index in [1.54, 1.807) is 0 Å². The number of halogens is 1. The highest BCUT2D eigenvalue weighted by Gasteiger charge is 2.28. The molecule has 0 bridgehead atoms. The fourth-order valence-electron chi connectivity index (χ4n) is 2.23. The first-order valence-electron chi connectivity index (χ1n) is 6.23. The Kier molecular flexibility index (Phi) is 3.76. The van der Waals surface area contributed by atoms with Gasteiger partial charge in [-0.05, 0) is 38.5 Å². The molecular formula is C14H18BrNO3. The maximum absolute atomic E-state index is 11.4. The highest BCUT2D eigenvalue weighted by Crippen LogP contribution is 2.34. The molecule has 5 heteroatoms. The van der Waals surface area contributed by atoms with Gasteiger partial charge in [-0.3, -0.25) is 4.90 Å². The van der Waals surface area contributed by atoms with Crippen LogP contribution < -0.4 is 4.74 Å². The third-order valence-electron chi connectivity index (χ3n) is 3.19. The minimum Gasteiger partial charge on any atom is -0.493 e. The van der Waals surface area contributed by atoms with Gasteiger partial charge in [0.15, 0.2) is 0 Å². The number of hydrogen-bond donors (Lipinski definition) is 1. The molecule has 1 N–H and O–H groups in total. The molecule has 0 radical (unpaired) electrons. The molecule has 0 fully saturated rings. The van der Waals surface area contributed by atoms with E-state index in [9.17, 15) is 9.90 Å². The summed E-state index contributed by atoms with van der Waals surface area (Å²) in [5.41, 5.74) is 1.61. The molecule has 0 spiro atoms. The minimum absolute atomic E-state index is 0.334. The topological polar surface area (TPSA) is 49.8 Å². The number of amides is 1. The van der Waals surface area contributed by atoms with Gasteiger partial charge in [0.1, 0.15) is 5.75 Å². The first kappa shape index (κ1) is 14.2. The lowest BCUT2D eigenvalue weighted by atomic mass is 10.0. The largest absolute Gasteiger partial charge is 0.493 e. The van der Waals surface area contributed by atoms with E-state index in [-0.39, 0.29) is 0 Å². The number of fused-ring (bicyclic) bond motifs is 1. The zero-order chi connectivity index (χ0) is 14.2. The summed E-state index contributed by atoms with van der Waals surface area (Å²) in [6, 6.07) is 3.97. The zero-order valence-corrected chi connectivity index (χ0v) is 13.0. The lowest BCUT2D eigenvalue weighted by Gasteiger charge is -2.33. The van der Waals surface area contributed by atoms with Crippen molar-refractivity contribution in [2.75, 3.05) is 6.61 Å². The Morgan fingerprint density at radius 2 is 2.16 bits per heavy atom. The number of carboxylic acid groups (broad SMARTS) is 1. The summed E-state index contributed by atoms with van der Waals surface area (Å²) >= 11 is 3.47. The summed E-state index contributed by atoms with van der Waals surface area (Å²) in [6.45, 7) is 6.67. The van der Waals surface area contributed by atoms with Crippen molar-refractivity contribution in [1.82, 2.24) is 4.90 Å². The van der Waals surface area contributed by atoms with E-state index in [0.717, 1.165) is 27.8 Å². The van der Waals surface area contributed by atoms with Crippen LogP contribution in [0.15, 0.2) is 16.6 Å². The van der Waals surface area contributed by atoms with Crippen molar-refractivity contribution in [3.8, 4) is 5.75 Å². The van der Waals surface area contributed by atoms with E-state index in [4.69, 9.17) is 4.74 Å². The lowest BCUT2D eigenvalue weighted by molar-refractivity contribution is 0.0950. The van der Waals surface area contributed by atoms with Crippen molar-refractivity contribution in [1.29, 1.82) is 0 Å². The maximum Gasteiger partial charge on any atom is 0.408 e. The van der Waals surface area contributed by atoms with Gasteiger partial charge >= 0.3 is 6.09 Å². The van der Waals surface area contributed by atoms with Crippen LogP contribution in [0.25, 0.3) is 0 Å². The third kappa shape index (κ3) is 3.03. The van der Waals surface area contributed by atoms with E-state index < -0.39 is 11.6 Å². The Labute approximate surface area is 121 Å². The average molecular weight is 328 g/mol. The van der Waals surface area contributed by atoms with Crippen LogP contribution in [0.2, 0.25) is 0 Å². The summed E-state index contributed by atoms with van der Waals surface area (Å²) in [7, 11) is 0. The number of carbonyl (C=O) groups is 1. The number of ether oxygens (including phenoxy) is 1. The number of rotatable bonds is 2. The van der Waals surface area contributed by atoms with Gasteiger partial charge in [0, 0.05) is 22.0 Å². The number of nitrogens with zero attached hydrogens (tertiary/aromatic N) is 1. The van der Waals surface area contributed by atoms with Gasteiger partial charge in [-0.15, -0.1) is 0 Å². The maximum atomic E-state index is 11.4. The van der Waals surface area contributed by atoms with Crippen LogP contribution in [0.1, 0.15) is 31.9 Å². The molecule has 1 heterocycles. The molecule has 0 aliphatic carbocycles. The van der Waals surface area contributed by atoms with Crippen molar-refractivity contribution in [3.63, 3.8) is 0 Å². The van der Waals surface area contributed by atoms with Crippen molar-refractivity contribution < 1.29 is 14.6 Å². The van der Waals surface area contributed by atoms with Crippen LogP contribution in [0.4, 0.5) is 4.79 Å². The van der Waals surface area contributed by atoms with Crippen LogP contribution in [0, 0.1) is 0 Å². The zero-order valence-electron chi connectivity index (χ0n) is 11.4. The average Bonchev–Trinajstić information content (AvgIpc) is 2.70. The number of benzene rings is 1. The lowest BCUT2D eigenvalue weighted by Crippen LogP contribution is -2.44. The van der Waals surface area contributed by atoms with Crippen LogP contribution in [-0.2, 0) is 13.0 Å². The molecule has 0 atom stereocenters. The molecule has 0 saturated carbocycles. The van der Waals surface area contributed by atoms with Crippen LogP contribution in [-0.4, -0.2) is 28.2 Å². The van der Waals surface area contributed by atoms with Gasteiger partial charge in [0.2, 0.25) is 0 Å². The van der Waals surface area contributed by atoms with Crippen molar-refractivity contribution in [3.05, 3.63) is 27.7 Å². The molecule has 0 aromatic heterocycles. The van der Waals surface area contributed by atoms with Gasteiger partial charge in [-0.1, -0.05) is 15.9 Å². The Hall–Kier alpha value is -1.23. The molecule has 1 aromatic rings. The fraction of sp³-hybridized carbons (Fsp3) is 0.500. The summed E-state index contributed by atoms with van der Waals surface area (Å²) < 4.78 is 6.60. The molecule has 4 nitrogen and oxygen atoms in total. The van der Waals surface area contributed by atoms with Gasteiger partial charge in [-0.2, -0.15) is 0 Å². The van der Waals surface area contributed by atoms with E-state index in [0.29, 0.717) is 13.2 Å². The minimum atomic E-state index is -0.917. The van der Waals surface area contributed by atoms with Crippen LogP contribution in [0.5, 0.6) is 5.75 Å². The molecule has 1 amide bonds. The van der Waals surface area contributed by atoms with E-state index in [1.807, 2.05) is 32.9 Å². The second-order valence-corrected chi connectivity index (χ2v) is 6.61. The highest BCUT2D eigenvalue weighted by molar-refractivity contribution is 9.10. The number of hydrogen-bond acceptors (Lipinski definition) is 2. The molecule has 1 aliphatic heterocycles. The second kappa shape index (κ2) is 5.04. The molecule has 1 aromatic carbocycles. The summed E-state index contributed by atoms with van der Waals surface area (Å²) in [5, 5.41) is 9.36. The molecule has 1 aliphatic rings. The van der Waals surface area contributed by atoms with E-state index >= 15 is 0 Å². The predicted octanol–water partition coefficient (Wildman–Crippen LogP) is 3.66. The van der Waals surface area contributed by atoms with Crippen LogP contribution in [0.3, 0.4) is 0 Å². The van der Waals surface area contributed by atoms with Gasteiger partial charge in [-0.25, -0.2) is 4.79 Å². The Morgan fingerprint density at radius 3 is 2.74 bits per heavy atom. The van der Waals surface area contributed by atoms with Gasteiger partial charge in [0.05, 0.1) is 13.2 Å². The monoisotopic (exact) mass is 327 g/mol. The van der Waals surface area contributed by atoms with Gasteiger partial charge < -0.3 is 9.84 Å². The third-order valence-corrected chi connectivity index (χ3v) is 3.65. The van der Waals surface area contributed by atoms with Crippen molar-refractivity contribution in [2.45, 2.75) is 39.3 Å². The fourth-order valence-corrected chi connectivity index (χ4v) is 2.78. The van der Waals surface area contributed by atoms with E-state index in [2.05, 4.69) is 15.9 Å². The van der Waals surface area contributed by atoms with Crippen molar-refractivity contribution in [2.24, 2.45) is 0 Å². The molecule has 104 valence electrons. The first-order valence-corrected chi connectivity index (χ1v) is 7.03. The normalized spacial score (nSPS) is 13.9. The van der Waals surface area contributed by atoms with Gasteiger partial charge in [0.25, 0.3) is 0 Å². The molecular weight excluding hydrogens is 310 g/mol. The first-order chi connectivity index (χ1) is 8.79. The SMILES string of the molecule is CC(C)(C)N(Cc1cc(Br)cc2c1OCC2)C(=O)O. The van der Waals surface area contributed by atoms with E-state index in [1.165, 1.54) is 4.90 Å². The summed E-state index contributed by atoms with van der Waals surface area (Å²) in [4.78, 5) is 12.8. The molecule has 0 unspecified atom stereocenters.